The fraction of sp³-hybridized carbons (Fsp3) is 0.190. The van der Waals surface area contributed by atoms with Gasteiger partial charge in [0.25, 0.3) is 5.91 Å². The molecule has 5 heteroatoms. The quantitative estimate of drug-likeness (QED) is 0.724. The van der Waals surface area contributed by atoms with Crippen LogP contribution >= 0.6 is 0 Å². The first kappa shape index (κ1) is 17.6. The number of carbonyl (C=O) groups excluding carboxylic acids is 1. The summed E-state index contributed by atoms with van der Waals surface area (Å²) in [4.78, 5) is 21.2. The molecular formula is C21H22N4O. The number of carbonyl (C=O) groups is 1. The molecule has 132 valence electrons. The van der Waals surface area contributed by atoms with Crippen molar-refractivity contribution in [2.75, 3.05) is 10.6 Å². The van der Waals surface area contributed by atoms with Crippen LogP contribution in [-0.4, -0.2) is 15.9 Å². The fourth-order valence-electron chi connectivity index (χ4n) is 2.57. The Kier molecular flexibility index (Phi) is 5.27. The van der Waals surface area contributed by atoms with Crippen molar-refractivity contribution < 1.29 is 4.79 Å². The van der Waals surface area contributed by atoms with E-state index in [1.807, 2.05) is 69.3 Å². The van der Waals surface area contributed by atoms with Crippen LogP contribution in [-0.2, 0) is 6.54 Å². The minimum atomic E-state index is -0.208. The van der Waals surface area contributed by atoms with Gasteiger partial charge in [-0.2, -0.15) is 0 Å². The van der Waals surface area contributed by atoms with E-state index in [4.69, 9.17) is 0 Å². The first-order valence-electron chi connectivity index (χ1n) is 8.53. The standard InChI is InChI=1S/C21H22N4O/c1-14-9-10-18(11-15(14)2)25-20(26)19-13-23-21(24-16(19)3)22-12-17-7-5-4-6-8-17/h4-11,13H,12H2,1-3H3,(H,25,26)(H,22,23,24). The maximum absolute atomic E-state index is 12.5. The van der Waals surface area contributed by atoms with Gasteiger partial charge in [0.1, 0.15) is 0 Å². The average molecular weight is 346 g/mol. The Morgan fingerprint density at radius 3 is 2.46 bits per heavy atom. The molecule has 0 saturated heterocycles. The Bertz CT molecular complexity index is 923. The van der Waals surface area contributed by atoms with Gasteiger partial charge in [-0.05, 0) is 49.6 Å². The van der Waals surface area contributed by atoms with Gasteiger partial charge >= 0.3 is 0 Å². The second kappa shape index (κ2) is 7.78. The Hall–Kier alpha value is -3.21. The molecule has 1 amide bonds. The molecule has 0 aliphatic heterocycles. The molecule has 0 aliphatic carbocycles. The van der Waals surface area contributed by atoms with Gasteiger partial charge in [0.15, 0.2) is 0 Å². The largest absolute Gasteiger partial charge is 0.350 e. The molecule has 26 heavy (non-hydrogen) atoms. The Balaban J connectivity index is 1.68. The number of aromatic nitrogens is 2. The molecule has 0 spiro atoms. The molecule has 0 atom stereocenters. The summed E-state index contributed by atoms with van der Waals surface area (Å²) in [5.74, 6) is 0.300. The second-order valence-electron chi connectivity index (χ2n) is 6.29. The van der Waals surface area contributed by atoms with E-state index < -0.39 is 0 Å². The molecule has 5 nitrogen and oxygen atoms in total. The SMILES string of the molecule is Cc1ccc(NC(=O)c2cnc(NCc3ccccc3)nc2C)cc1C. The maximum atomic E-state index is 12.5. The molecule has 0 saturated carbocycles. The van der Waals surface area contributed by atoms with Crippen molar-refractivity contribution >= 4 is 17.5 Å². The van der Waals surface area contributed by atoms with Crippen LogP contribution in [0.15, 0.2) is 54.7 Å². The van der Waals surface area contributed by atoms with Gasteiger partial charge in [0, 0.05) is 18.4 Å². The van der Waals surface area contributed by atoms with Gasteiger partial charge in [-0.25, -0.2) is 9.97 Å². The summed E-state index contributed by atoms with van der Waals surface area (Å²) >= 11 is 0. The number of benzene rings is 2. The van der Waals surface area contributed by atoms with Gasteiger partial charge in [-0.15, -0.1) is 0 Å². The zero-order chi connectivity index (χ0) is 18.5. The molecule has 3 rings (SSSR count). The molecule has 3 aromatic rings. The van der Waals surface area contributed by atoms with Crippen molar-refractivity contribution in [3.05, 3.63) is 82.7 Å². The molecule has 0 aliphatic rings. The van der Waals surface area contributed by atoms with E-state index in [-0.39, 0.29) is 5.91 Å². The first-order valence-corrected chi connectivity index (χ1v) is 8.53. The number of nitrogens with zero attached hydrogens (tertiary/aromatic N) is 2. The fourth-order valence-corrected chi connectivity index (χ4v) is 2.57. The molecule has 2 N–H and O–H groups in total. The van der Waals surface area contributed by atoms with Crippen LogP contribution in [0.5, 0.6) is 0 Å². The Morgan fingerprint density at radius 1 is 1.00 bits per heavy atom. The van der Waals surface area contributed by atoms with E-state index in [1.165, 1.54) is 5.56 Å². The third-order valence-electron chi connectivity index (χ3n) is 4.28. The highest BCUT2D eigenvalue weighted by Crippen LogP contribution is 2.16. The van der Waals surface area contributed by atoms with Crippen LogP contribution in [0, 0.1) is 20.8 Å². The zero-order valence-corrected chi connectivity index (χ0v) is 15.2. The number of hydrogen-bond donors (Lipinski definition) is 2. The number of amides is 1. The van der Waals surface area contributed by atoms with Crippen LogP contribution in [0.25, 0.3) is 0 Å². The summed E-state index contributed by atoms with van der Waals surface area (Å²) in [6.07, 6.45) is 1.56. The normalized spacial score (nSPS) is 10.4. The molecule has 0 radical (unpaired) electrons. The van der Waals surface area contributed by atoms with E-state index in [1.54, 1.807) is 6.20 Å². The number of aryl methyl sites for hydroxylation is 3. The van der Waals surface area contributed by atoms with Crippen molar-refractivity contribution in [2.24, 2.45) is 0 Å². The zero-order valence-electron chi connectivity index (χ0n) is 15.2. The van der Waals surface area contributed by atoms with Crippen molar-refractivity contribution in [3.63, 3.8) is 0 Å². The smallest absolute Gasteiger partial charge is 0.259 e. The first-order chi connectivity index (χ1) is 12.5. The van der Waals surface area contributed by atoms with Crippen molar-refractivity contribution in [2.45, 2.75) is 27.3 Å². The lowest BCUT2D eigenvalue weighted by Crippen LogP contribution is -2.16. The van der Waals surface area contributed by atoms with Crippen molar-refractivity contribution in [1.82, 2.24) is 9.97 Å². The molecule has 1 heterocycles. The Morgan fingerprint density at radius 2 is 1.77 bits per heavy atom. The van der Waals surface area contributed by atoms with Crippen molar-refractivity contribution in [3.8, 4) is 0 Å². The highest BCUT2D eigenvalue weighted by atomic mass is 16.1. The third kappa shape index (κ3) is 4.25. The topological polar surface area (TPSA) is 66.9 Å². The van der Waals surface area contributed by atoms with E-state index >= 15 is 0 Å². The highest BCUT2D eigenvalue weighted by Gasteiger charge is 2.12. The van der Waals surface area contributed by atoms with E-state index in [2.05, 4.69) is 20.6 Å². The molecule has 0 bridgehead atoms. The third-order valence-corrected chi connectivity index (χ3v) is 4.28. The summed E-state index contributed by atoms with van der Waals surface area (Å²) in [7, 11) is 0. The van der Waals surface area contributed by atoms with E-state index in [0.29, 0.717) is 23.8 Å². The summed E-state index contributed by atoms with van der Waals surface area (Å²) in [6.45, 7) is 6.51. The molecular weight excluding hydrogens is 324 g/mol. The maximum Gasteiger partial charge on any atom is 0.259 e. The van der Waals surface area contributed by atoms with Crippen LogP contribution < -0.4 is 10.6 Å². The lowest BCUT2D eigenvalue weighted by atomic mass is 10.1. The average Bonchev–Trinajstić information content (AvgIpc) is 2.64. The van der Waals surface area contributed by atoms with Crippen LogP contribution in [0.3, 0.4) is 0 Å². The van der Waals surface area contributed by atoms with E-state index in [9.17, 15) is 4.79 Å². The van der Waals surface area contributed by atoms with Crippen LogP contribution in [0.2, 0.25) is 0 Å². The minimum Gasteiger partial charge on any atom is -0.350 e. The van der Waals surface area contributed by atoms with Gasteiger partial charge < -0.3 is 10.6 Å². The van der Waals surface area contributed by atoms with E-state index in [0.717, 1.165) is 16.8 Å². The van der Waals surface area contributed by atoms with Gasteiger partial charge in [0.05, 0.1) is 11.3 Å². The van der Waals surface area contributed by atoms with Crippen molar-refractivity contribution in [1.29, 1.82) is 0 Å². The van der Waals surface area contributed by atoms with Crippen LogP contribution in [0.1, 0.15) is 32.7 Å². The monoisotopic (exact) mass is 346 g/mol. The summed E-state index contributed by atoms with van der Waals surface area (Å²) < 4.78 is 0. The molecule has 1 aromatic heterocycles. The molecule has 0 unspecified atom stereocenters. The summed E-state index contributed by atoms with van der Waals surface area (Å²) in [6, 6.07) is 15.9. The summed E-state index contributed by atoms with van der Waals surface area (Å²) in [5, 5.41) is 6.08. The Labute approximate surface area is 153 Å². The number of hydrogen-bond acceptors (Lipinski definition) is 4. The lowest BCUT2D eigenvalue weighted by Gasteiger charge is -2.10. The molecule has 0 fully saturated rings. The minimum absolute atomic E-state index is 0.208. The predicted octanol–water partition coefficient (Wildman–Crippen LogP) is 4.27. The number of nitrogens with one attached hydrogen (secondary N) is 2. The summed E-state index contributed by atoms with van der Waals surface area (Å²) in [5.41, 5.74) is 5.34. The highest BCUT2D eigenvalue weighted by molar-refractivity contribution is 6.04. The van der Waals surface area contributed by atoms with Gasteiger partial charge in [0.2, 0.25) is 5.95 Å². The predicted molar refractivity (Wildman–Crippen MR) is 104 cm³/mol. The second-order valence-corrected chi connectivity index (χ2v) is 6.29. The number of anilines is 2. The number of rotatable bonds is 5. The molecule has 2 aromatic carbocycles. The van der Waals surface area contributed by atoms with Gasteiger partial charge in [-0.3, -0.25) is 4.79 Å². The van der Waals surface area contributed by atoms with Gasteiger partial charge in [-0.1, -0.05) is 36.4 Å². The van der Waals surface area contributed by atoms with Crippen LogP contribution in [0.4, 0.5) is 11.6 Å². The lowest BCUT2D eigenvalue weighted by molar-refractivity contribution is 0.102.